The molecule has 1 N–H and O–H groups in total. The van der Waals surface area contributed by atoms with Gasteiger partial charge >= 0.3 is 18.0 Å². The zero-order chi connectivity index (χ0) is 20.3. The van der Waals surface area contributed by atoms with Gasteiger partial charge in [0.1, 0.15) is 12.7 Å². The van der Waals surface area contributed by atoms with Gasteiger partial charge in [0.2, 0.25) is 5.91 Å². The minimum absolute atomic E-state index is 0.0497. The van der Waals surface area contributed by atoms with Crippen molar-refractivity contribution in [1.29, 1.82) is 0 Å². The molecule has 3 rings (SSSR count). The Morgan fingerprint density at radius 1 is 1.25 bits per heavy atom. The van der Waals surface area contributed by atoms with Gasteiger partial charge in [-0.25, -0.2) is 9.59 Å². The second-order valence-corrected chi connectivity index (χ2v) is 6.84. The molecule has 9 nitrogen and oxygen atoms in total. The Hall–Kier alpha value is -2.94. The summed E-state index contributed by atoms with van der Waals surface area (Å²) in [6, 6.07) is 7.92. The number of hydrogen-bond donors (Lipinski definition) is 1. The molecule has 150 valence electrons. The maximum absolute atomic E-state index is 12.2. The van der Waals surface area contributed by atoms with Crippen LogP contribution in [0, 0.1) is 5.92 Å². The summed E-state index contributed by atoms with van der Waals surface area (Å²) in [6.45, 7) is 3.04. The zero-order valence-electron chi connectivity index (χ0n) is 15.6. The normalized spacial score (nSPS) is 27.3. The monoisotopic (exact) mass is 390 g/mol. The maximum atomic E-state index is 12.2. The minimum atomic E-state index is -0.861. The highest BCUT2D eigenvalue weighted by Gasteiger charge is 2.46. The molecule has 2 aliphatic heterocycles. The molecule has 4 atom stereocenters. The first-order chi connectivity index (χ1) is 13.3. The summed E-state index contributed by atoms with van der Waals surface area (Å²) < 4.78 is 16.4. The van der Waals surface area contributed by atoms with Crippen LogP contribution in [0.1, 0.15) is 30.6 Å². The molecular weight excluding hydrogens is 368 g/mol. The number of rotatable bonds is 5. The van der Waals surface area contributed by atoms with Crippen LogP contribution < -0.4 is 5.32 Å². The Balaban J connectivity index is 1.65. The molecule has 0 bridgehead atoms. The van der Waals surface area contributed by atoms with Gasteiger partial charge in [-0.1, -0.05) is 25.1 Å². The number of esters is 2. The highest BCUT2D eigenvalue weighted by Crippen LogP contribution is 2.28. The van der Waals surface area contributed by atoms with E-state index >= 15 is 0 Å². The second kappa shape index (κ2) is 8.39. The first kappa shape index (κ1) is 19.8. The van der Waals surface area contributed by atoms with Crippen LogP contribution in [0.25, 0.3) is 0 Å². The Labute approximate surface area is 161 Å². The van der Waals surface area contributed by atoms with E-state index in [0.717, 1.165) is 0 Å². The molecule has 0 radical (unpaired) electrons. The number of urea groups is 1. The molecular formula is C19H22N2O7. The highest BCUT2D eigenvalue weighted by molar-refractivity contribution is 5.97. The molecule has 0 aliphatic carbocycles. The Kier molecular flexibility index (Phi) is 5.93. The van der Waals surface area contributed by atoms with E-state index in [4.69, 9.17) is 14.2 Å². The van der Waals surface area contributed by atoms with Crippen molar-refractivity contribution in [2.24, 2.45) is 5.92 Å². The van der Waals surface area contributed by atoms with Gasteiger partial charge in [0, 0.05) is 19.9 Å². The quantitative estimate of drug-likeness (QED) is 0.749. The van der Waals surface area contributed by atoms with Crippen molar-refractivity contribution in [1.82, 2.24) is 10.2 Å². The number of benzene rings is 1. The summed E-state index contributed by atoms with van der Waals surface area (Å²) in [5.74, 6) is -1.79. The third-order valence-corrected chi connectivity index (χ3v) is 4.59. The lowest BCUT2D eigenvalue weighted by Crippen LogP contribution is -2.59. The van der Waals surface area contributed by atoms with Gasteiger partial charge in [0.15, 0.2) is 6.23 Å². The summed E-state index contributed by atoms with van der Waals surface area (Å²) in [7, 11) is 0. The van der Waals surface area contributed by atoms with Crippen LogP contribution in [-0.2, 0) is 23.8 Å². The van der Waals surface area contributed by atoms with Crippen molar-refractivity contribution in [2.75, 3.05) is 13.2 Å². The highest BCUT2D eigenvalue weighted by atomic mass is 16.6. The van der Waals surface area contributed by atoms with Crippen LogP contribution in [0.4, 0.5) is 4.79 Å². The number of carbonyl (C=O) groups excluding carboxylic acids is 4. The molecule has 0 saturated carbocycles. The fourth-order valence-corrected chi connectivity index (χ4v) is 3.22. The van der Waals surface area contributed by atoms with Crippen LogP contribution in [0.15, 0.2) is 30.3 Å². The van der Waals surface area contributed by atoms with Gasteiger partial charge in [-0.15, -0.1) is 0 Å². The van der Waals surface area contributed by atoms with Gasteiger partial charge in [0.25, 0.3) is 0 Å². The number of nitrogens with zero attached hydrogens (tertiary/aromatic N) is 1. The predicted molar refractivity (Wildman–Crippen MR) is 95.0 cm³/mol. The first-order valence-corrected chi connectivity index (χ1v) is 9.01. The number of ether oxygens (including phenoxy) is 3. The third-order valence-electron chi connectivity index (χ3n) is 4.59. The van der Waals surface area contributed by atoms with E-state index in [2.05, 4.69) is 5.32 Å². The molecule has 1 aromatic rings. The van der Waals surface area contributed by atoms with Crippen LogP contribution in [-0.4, -0.2) is 60.4 Å². The molecule has 2 saturated heterocycles. The lowest BCUT2D eigenvalue weighted by atomic mass is 10.1. The average molecular weight is 390 g/mol. The maximum Gasteiger partial charge on any atom is 0.338 e. The minimum Gasteiger partial charge on any atom is -0.459 e. The van der Waals surface area contributed by atoms with Gasteiger partial charge in [-0.05, 0) is 12.1 Å². The molecule has 0 spiro atoms. The van der Waals surface area contributed by atoms with Gasteiger partial charge in [0.05, 0.1) is 17.6 Å². The molecule has 2 heterocycles. The van der Waals surface area contributed by atoms with Crippen molar-refractivity contribution in [3.63, 3.8) is 0 Å². The topological polar surface area (TPSA) is 111 Å². The molecule has 2 fully saturated rings. The Morgan fingerprint density at radius 2 is 1.96 bits per heavy atom. The molecule has 2 aliphatic rings. The van der Waals surface area contributed by atoms with E-state index in [0.29, 0.717) is 5.56 Å². The summed E-state index contributed by atoms with van der Waals surface area (Å²) in [6.07, 6.45) is -1.87. The SMILES string of the molecule is CC(=O)O[C@@H]1C[C@@H](COC(=O)c2ccccc2)O[C@H]1N1CC(C)C(=O)NC1=O. The third kappa shape index (κ3) is 4.48. The lowest BCUT2D eigenvalue weighted by molar-refractivity contribution is -0.156. The van der Waals surface area contributed by atoms with Crippen LogP contribution in [0.2, 0.25) is 0 Å². The molecule has 9 heteroatoms. The van der Waals surface area contributed by atoms with E-state index in [1.807, 2.05) is 0 Å². The van der Waals surface area contributed by atoms with Gasteiger partial charge < -0.3 is 14.2 Å². The molecule has 0 aromatic heterocycles. The molecule has 3 amide bonds. The lowest BCUT2D eigenvalue weighted by Gasteiger charge is -2.36. The largest absolute Gasteiger partial charge is 0.459 e. The van der Waals surface area contributed by atoms with E-state index in [1.165, 1.54) is 11.8 Å². The number of amides is 3. The number of carbonyl (C=O) groups is 4. The number of hydrogen-bond acceptors (Lipinski definition) is 7. The Morgan fingerprint density at radius 3 is 2.64 bits per heavy atom. The van der Waals surface area contributed by atoms with Crippen molar-refractivity contribution in [3.8, 4) is 0 Å². The second-order valence-electron chi connectivity index (χ2n) is 6.84. The van der Waals surface area contributed by atoms with E-state index < -0.39 is 42.3 Å². The van der Waals surface area contributed by atoms with E-state index in [1.54, 1.807) is 37.3 Å². The fourth-order valence-electron chi connectivity index (χ4n) is 3.22. The summed E-state index contributed by atoms with van der Waals surface area (Å²) in [5, 5.41) is 2.26. The van der Waals surface area contributed by atoms with Crippen LogP contribution in [0.3, 0.4) is 0 Å². The van der Waals surface area contributed by atoms with Crippen molar-refractivity contribution >= 4 is 23.9 Å². The smallest absolute Gasteiger partial charge is 0.338 e. The van der Waals surface area contributed by atoms with E-state index in [9.17, 15) is 19.2 Å². The van der Waals surface area contributed by atoms with Gasteiger partial charge in [-0.3, -0.25) is 19.8 Å². The van der Waals surface area contributed by atoms with Crippen LogP contribution in [0.5, 0.6) is 0 Å². The predicted octanol–water partition coefficient (Wildman–Crippen LogP) is 1.08. The van der Waals surface area contributed by atoms with Crippen molar-refractivity contribution < 1.29 is 33.4 Å². The summed E-state index contributed by atoms with van der Waals surface area (Å²) in [4.78, 5) is 48.8. The summed E-state index contributed by atoms with van der Waals surface area (Å²) in [5.41, 5.74) is 0.413. The van der Waals surface area contributed by atoms with Crippen molar-refractivity contribution in [3.05, 3.63) is 35.9 Å². The van der Waals surface area contributed by atoms with Gasteiger partial charge in [-0.2, -0.15) is 0 Å². The fraction of sp³-hybridized carbons (Fsp3) is 0.474. The van der Waals surface area contributed by atoms with E-state index in [-0.39, 0.29) is 25.5 Å². The number of nitrogens with one attached hydrogen (secondary N) is 1. The zero-order valence-corrected chi connectivity index (χ0v) is 15.6. The van der Waals surface area contributed by atoms with Crippen molar-refractivity contribution in [2.45, 2.75) is 38.7 Å². The first-order valence-electron chi connectivity index (χ1n) is 9.01. The molecule has 28 heavy (non-hydrogen) atoms. The number of imide groups is 1. The Bertz CT molecular complexity index is 767. The van der Waals surface area contributed by atoms with Crippen LogP contribution >= 0.6 is 0 Å². The molecule has 1 aromatic carbocycles. The molecule has 1 unspecified atom stereocenters. The average Bonchev–Trinajstić information content (AvgIpc) is 3.05. The standard InChI is InChI=1S/C19H22N2O7/c1-11-9-21(19(25)20-16(11)23)17-15(27-12(2)22)8-14(28-17)10-26-18(24)13-6-4-3-5-7-13/h3-7,11,14-15,17H,8-10H2,1-2H3,(H,20,23,25)/t11?,14-,15+,17+/m0/s1. The summed E-state index contributed by atoms with van der Waals surface area (Å²) >= 11 is 0.